The summed E-state index contributed by atoms with van der Waals surface area (Å²) < 4.78 is 32.9. The number of nitrogens with zero attached hydrogens (tertiary/aromatic N) is 1. The van der Waals surface area contributed by atoms with E-state index in [1.54, 1.807) is 0 Å². The van der Waals surface area contributed by atoms with Crippen LogP contribution in [0.4, 0.5) is 0 Å². The van der Waals surface area contributed by atoms with Crippen LogP contribution in [0.25, 0.3) is 0 Å². The predicted molar refractivity (Wildman–Crippen MR) is 82.8 cm³/mol. The zero-order chi connectivity index (χ0) is 17.0. The van der Waals surface area contributed by atoms with Crippen LogP contribution < -0.4 is 4.74 Å². The van der Waals surface area contributed by atoms with Crippen molar-refractivity contribution in [3.63, 3.8) is 0 Å². The van der Waals surface area contributed by atoms with Gasteiger partial charge in [-0.05, 0) is 29.8 Å². The summed E-state index contributed by atoms with van der Waals surface area (Å²) in [6.07, 6.45) is 1.10. The molecular weight excluding hydrogens is 322 g/mol. The molecule has 0 saturated carbocycles. The summed E-state index contributed by atoms with van der Waals surface area (Å²) in [6, 6.07) is 9.15. The van der Waals surface area contributed by atoms with Crippen LogP contribution in [0.1, 0.15) is 15.9 Å². The molecule has 0 amide bonds. The Bertz CT molecular complexity index is 856. The lowest BCUT2D eigenvalue weighted by molar-refractivity contribution is 0.0697. The summed E-state index contributed by atoms with van der Waals surface area (Å²) in [6.45, 7) is 0. The highest BCUT2D eigenvalue weighted by molar-refractivity contribution is 7.90. The lowest BCUT2D eigenvalue weighted by Gasteiger charge is -2.06. The number of carboxylic acids is 1. The van der Waals surface area contributed by atoms with E-state index in [9.17, 15) is 18.3 Å². The summed E-state index contributed by atoms with van der Waals surface area (Å²) in [5.41, 5.74) is 0.515. The fourth-order valence-electron chi connectivity index (χ4n) is 1.77. The molecule has 0 saturated heterocycles. The minimum absolute atomic E-state index is 0.0247. The van der Waals surface area contributed by atoms with Crippen molar-refractivity contribution in [2.24, 2.45) is 4.40 Å². The summed E-state index contributed by atoms with van der Waals surface area (Å²) >= 11 is 0. The summed E-state index contributed by atoms with van der Waals surface area (Å²) in [7, 11) is -2.75. The molecular formula is C15H13NO6S. The normalized spacial score (nSPS) is 11.5. The lowest BCUT2D eigenvalue weighted by atomic mass is 10.1. The average molecular weight is 335 g/mol. The Labute approximate surface area is 132 Å². The quantitative estimate of drug-likeness (QED) is 0.807. The monoisotopic (exact) mass is 335 g/mol. The van der Waals surface area contributed by atoms with Crippen LogP contribution in [0.2, 0.25) is 0 Å². The molecule has 0 aliphatic heterocycles. The number of methoxy groups -OCH3 is 1. The van der Waals surface area contributed by atoms with Gasteiger partial charge in [0.2, 0.25) is 0 Å². The van der Waals surface area contributed by atoms with Crippen LogP contribution in [-0.4, -0.2) is 37.9 Å². The van der Waals surface area contributed by atoms with Gasteiger partial charge in [-0.25, -0.2) is 4.79 Å². The molecule has 2 aromatic rings. The standard InChI is InChI=1S/C15H13NO6S/c1-22-13-8-12(17)6-7-14(13)23(20,21)16-9-10-2-4-11(5-3-10)15(18)19/h2-9,17H,1H3,(H,18,19)/b16-9+. The number of phenolic OH excluding ortho intramolecular Hbond substituents is 1. The van der Waals surface area contributed by atoms with Gasteiger partial charge in [0, 0.05) is 12.3 Å². The Morgan fingerprint density at radius 3 is 2.39 bits per heavy atom. The van der Waals surface area contributed by atoms with Crippen LogP contribution in [0.15, 0.2) is 51.8 Å². The van der Waals surface area contributed by atoms with E-state index in [-0.39, 0.29) is 22.0 Å². The van der Waals surface area contributed by atoms with Gasteiger partial charge in [-0.3, -0.25) is 0 Å². The predicted octanol–water partition coefficient (Wildman–Crippen LogP) is 1.91. The van der Waals surface area contributed by atoms with Gasteiger partial charge in [-0.2, -0.15) is 12.8 Å². The number of rotatable bonds is 5. The minimum atomic E-state index is -4.03. The highest BCUT2D eigenvalue weighted by Gasteiger charge is 2.18. The van der Waals surface area contributed by atoms with Gasteiger partial charge in [0.1, 0.15) is 16.4 Å². The molecule has 0 aliphatic rings. The molecule has 0 aliphatic carbocycles. The Morgan fingerprint density at radius 1 is 1.17 bits per heavy atom. The van der Waals surface area contributed by atoms with Gasteiger partial charge in [-0.15, -0.1) is 0 Å². The number of sulfonamides is 1. The van der Waals surface area contributed by atoms with E-state index in [2.05, 4.69) is 4.40 Å². The summed E-state index contributed by atoms with van der Waals surface area (Å²) in [5.74, 6) is -1.23. The molecule has 0 spiro atoms. The van der Waals surface area contributed by atoms with E-state index >= 15 is 0 Å². The molecule has 120 valence electrons. The van der Waals surface area contributed by atoms with E-state index in [0.29, 0.717) is 5.56 Å². The number of hydrogen-bond acceptors (Lipinski definition) is 5. The van der Waals surface area contributed by atoms with Crippen LogP contribution in [0.5, 0.6) is 11.5 Å². The molecule has 8 heteroatoms. The minimum Gasteiger partial charge on any atom is -0.508 e. The number of phenols is 1. The van der Waals surface area contributed by atoms with Gasteiger partial charge in [0.05, 0.1) is 12.7 Å². The number of carboxylic acid groups (broad SMARTS) is 1. The largest absolute Gasteiger partial charge is 0.508 e. The molecule has 2 N–H and O–H groups in total. The van der Waals surface area contributed by atoms with Crippen molar-refractivity contribution >= 4 is 22.2 Å². The van der Waals surface area contributed by atoms with Gasteiger partial charge in [0.25, 0.3) is 10.0 Å². The van der Waals surface area contributed by atoms with E-state index in [1.165, 1.54) is 49.6 Å². The van der Waals surface area contributed by atoms with Gasteiger partial charge < -0.3 is 14.9 Å². The first-order chi connectivity index (χ1) is 10.8. The van der Waals surface area contributed by atoms with E-state index in [1.807, 2.05) is 0 Å². The SMILES string of the molecule is COc1cc(O)ccc1S(=O)(=O)/N=C/c1ccc(C(=O)O)cc1. The molecule has 0 atom stereocenters. The van der Waals surface area contributed by atoms with Gasteiger partial charge in [0.15, 0.2) is 0 Å². The van der Waals surface area contributed by atoms with E-state index in [4.69, 9.17) is 9.84 Å². The second kappa shape index (κ2) is 6.49. The molecule has 0 fully saturated rings. The van der Waals surface area contributed by atoms with E-state index in [0.717, 1.165) is 6.21 Å². The van der Waals surface area contributed by atoms with Crippen molar-refractivity contribution in [2.75, 3.05) is 7.11 Å². The molecule has 0 unspecified atom stereocenters. The van der Waals surface area contributed by atoms with Gasteiger partial charge >= 0.3 is 5.97 Å². The van der Waals surface area contributed by atoms with Crippen LogP contribution in [0.3, 0.4) is 0 Å². The zero-order valence-electron chi connectivity index (χ0n) is 12.0. The molecule has 23 heavy (non-hydrogen) atoms. The maximum Gasteiger partial charge on any atom is 0.335 e. The Morgan fingerprint density at radius 2 is 1.83 bits per heavy atom. The lowest BCUT2D eigenvalue weighted by Crippen LogP contribution is -2.01. The smallest absolute Gasteiger partial charge is 0.335 e. The molecule has 0 radical (unpaired) electrons. The number of carbonyl (C=O) groups is 1. The summed E-state index contributed by atoms with van der Waals surface area (Å²) in [5, 5.41) is 18.2. The van der Waals surface area contributed by atoms with Crippen LogP contribution in [0, 0.1) is 0 Å². The number of aromatic hydroxyl groups is 1. The molecule has 0 bridgehead atoms. The maximum atomic E-state index is 12.2. The first-order valence-corrected chi connectivity index (χ1v) is 7.78. The van der Waals surface area contributed by atoms with Crippen molar-refractivity contribution in [1.82, 2.24) is 0 Å². The molecule has 2 aromatic carbocycles. The number of benzene rings is 2. The highest BCUT2D eigenvalue weighted by Crippen LogP contribution is 2.28. The van der Waals surface area contributed by atoms with Crippen molar-refractivity contribution < 1.29 is 28.2 Å². The first kappa shape index (κ1) is 16.5. The Hall–Kier alpha value is -2.87. The topological polar surface area (TPSA) is 113 Å². The summed E-state index contributed by atoms with van der Waals surface area (Å²) in [4.78, 5) is 10.6. The number of aromatic carboxylic acids is 1. The van der Waals surface area contributed by atoms with Crippen molar-refractivity contribution in [3.05, 3.63) is 53.6 Å². The zero-order valence-corrected chi connectivity index (χ0v) is 12.8. The molecule has 0 heterocycles. The molecule has 0 aromatic heterocycles. The third-order valence-electron chi connectivity index (χ3n) is 2.92. The number of hydrogen-bond donors (Lipinski definition) is 2. The fraction of sp³-hybridized carbons (Fsp3) is 0.0667. The van der Waals surface area contributed by atoms with E-state index < -0.39 is 16.0 Å². The van der Waals surface area contributed by atoms with Crippen molar-refractivity contribution in [2.45, 2.75) is 4.90 Å². The first-order valence-electron chi connectivity index (χ1n) is 6.34. The number of ether oxygens (including phenoxy) is 1. The highest BCUT2D eigenvalue weighted by atomic mass is 32.2. The van der Waals surface area contributed by atoms with Crippen LogP contribution in [-0.2, 0) is 10.0 Å². The average Bonchev–Trinajstić information content (AvgIpc) is 2.53. The third kappa shape index (κ3) is 3.86. The molecule has 7 nitrogen and oxygen atoms in total. The maximum absolute atomic E-state index is 12.2. The second-order valence-electron chi connectivity index (χ2n) is 4.47. The Kier molecular flexibility index (Phi) is 4.65. The van der Waals surface area contributed by atoms with Crippen LogP contribution >= 0.6 is 0 Å². The third-order valence-corrected chi connectivity index (χ3v) is 4.20. The van der Waals surface area contributed by atoms with Gasteiger partial charge in [-0.1, -0.05) is 12.1 Å². The molecule has 2 rings (SSSR count). The second-order valence-corrected chi connectivity index (χ2v) is 6.07. The Balaban J connectivity index is 2.32. The fourth-order valence-corrected chi connectivity index (χ4v) is 2.78. The van der Waals surface area contributed by atoms with Crippen molar-refractivity contribution in [3.8, 4) is 11.5 Å². The van der Waals surface area contributed by atoms with Crippen molar-refractivity contribution in [1.29, 1.82) is 0 Å².